The molecule has 0 saturated heterocycles. The van der Waals surface area contributed by atoms with Gasteiger partial charge in [-0.1, -0.05) is 12.0 Å². The maximum Gasteiger partial charge on any atom is 0.315 e. The van der Waals surface area contributed by atoms with Gasteiger partial charge in [0.15, 0.2) is 0 Å². The Morgan fingerprint density at radius 2 is 2.06 bits per heavy atom. The largest absolute Gasteiger partial charge is 0.408 e. The molecule has 2 rings (SSSR count). The first-order valence-corrected chi connectivity index (χ1v) is 5.33. The van der Waals surface area contributed by atoms with Gasteiger partial charge >= 0.3 is 6.01 Å². The fourth-order valence-corrected chi connectivity index (χ4v) is 1.32. The lowest BCUT2D eigenvalue weighted by molar-refractivity contribution is 0.501. The summed E-state index contributed by atoms with van der Waals surface area (Å²) in [6, 6.07) is 4.35. The molecule has 0 amide bonds. The fraction of sp³-hybridized carbons (Fsp3) is 0.364. The Labute approximate surface area is 93.9 Å². The first-order valence-electron chi connectivity index (χ1n) is 5.33. The summed E-state index contributed by atoms with van der Waals surface area (Å²) in [4.78, 5) is 3.95. The van der Waals surface area contributed by atoms with Crippen molar-refractivity contribution in [3.8, 4) is 0 Å². The Morgan fingerprint density at radius 3 is 2.81 bits per heavy atom. The van der Waals surface area contributed by atoms with E-state index in [2.05, 4.69) is 27.4 Å². The van der Waals surface area contributed by atoms with Crippen LogP contribution in [0.2, 0.25) is 0 Å². The smallest absolute Gasteiger partial charge is 0.315 e. The quantitative estimate of drug-likeness (QED) is 0.831. The third-order valence-electron chi connectivity index (χ3n) is 2.12. The van der Waals surface area contributed by atoms with Gasteiger partial charge in [-0.15, -0.1) is 5.10 Å². The zero-order valence-electron chi connectivity index (χ0n) is 9.18. The molecule has 0 radical (unpaired) electrons. The van der Waals surface area contributed by atoms with Crippen molar-refractivity contribution in [3.63, 3.8) is 0 Å². The number of aromatic nitrogens is 3. The summed E-state index contributed by atoms with van der Waals surface area (Å²) in [6.07, 6.45) is 5.34. The molecule has 2 aromatic rings. The predicted octanol–water partition coefficient (Wildman–Crippen LogP) is 2.03. The van der Waals surface area contributed by atoms with Crippen LogP contribution >= 0.6 is 0 Å². The number of pyridine rings is 1. The number of nitrogens with one attached hydrogen (secondary N) is 1. The maximum atomic E-state index is 5.40. The van der Waals surface area contributed by atoms with E-state index in [0.29, 0.717) is 18.5 Å². The summed E-state index contributed by atoms with van der Waals surface area (Å²) in [6.45, 7) is 2.74. The highest BCUT2D eigenvalue weighted by Gasteiger charge is 2.03. The Hall–Kier alpha value is -1.91. The van der Waals surface area contributed by atoms with Crippen LogP contribution in [0.1, 0.15) is 24.8 Å². The lowest BCUT2D eigenvalue weighted by Gasteiger charge is -1.99. The first kappa shape index (κ1) is 10.6. The van der Waals surface area contributed by atoms with E-state index in [9.17, 15) is 0 Å². The monoisotopic (exact) mass is 218 g/mol. The van der Waals surface area contributed by atoms with E-state index >= 15 is 0 Å². The molecule has 16 heavy (non-hydrogen) atoms. The molecular weight excluding hydrogens is 204 g/mol. The third kappa shape index (κ3) is 2.79. The van der Waals surface area contributed by atoms with Gasteiger partial charge in [0.05, 0.1) is 0 Å². The van der Waals surface area contributed by atoms with Crippen molar-refractivity contribution in [3.05, 3.63) is 36.0 Å². The zero-order valence-corrected chi connectivity index (χ0v) is 9.18. The van der Waals surface area contributed by atoms with Gasteiger partial charge in [-0.3, -0.25) is 4.98 Å². The molecule has 0 atom stereocenters. The average molecular weight is 218 g/mol. The molecular formula is C11H14N4O. The van der Waals surface area contributed by atoms with E-state index in [0.717, 1.165) is 18.4 Å². The Bertz CT molecular complexity index is 427. The van der Waals surface area contributed by atoms with Gasteiger partial charge in [0.1, 0.15) is 0 Å². The van der Waals surface area contributed by atoms with E-state index in [1.165, 1.54) is 0 Å². The van der Waals surface area contributed by atoms with E-state index in [1.54, 1.807) is 12.4 Å². The Balaban J connectivity index is 1.89. The van der Waals surface area contributed by atoms with Crippen LogP contribution in [-0.2, 0) is 13.0 Å². The molecule has 0 aliphatic carbocycles. The fourth-order valence-electron chi connectivity index (χ4n) is 1.32. The van der Waals surface area contributed by atoms with Crippen LogP contribution in [0.15, 0.2) is 28.9 Å². The van der Waals surface area contributed by atoms with E-state index < -0.39 is 0 Å². The van der Waals surface area contributed by atoms with Crippen molar-refractivity contribution < 1.29 is 4.42 Å². The second kappa shape index (κ2) is 5.25. The van der Waals surface area contributed by atoms with Gasteiger partial charge in [-0.05, 0) is 24.1 Å². The summed E-state index contributed by atoms with van der Waals surface area (Å²) in [5.41, 5.74) is 1.13. The Kier molecular flexibility index (Phi) is 3.48. The van der Waals surface area contributed by atoms with Crippen LogP contribution in [0, 0.1) is 0 Å². The van der Waals surface area contributed by atoms with Crippen molar-refractivity contribution in [2.75, 3.05) is 5.32 Å². The average Bonchev–Trinajstić information content (AvgIpc) is 2.76. The van der Waals surface area contributed by atoms with Gasteiger partial charge in [0.25, 0.3) is 0 Å². The molecule has 1 N–H and O–H groups in total. The molecule has 0 spiro atoms. The molecule has 0 aromatic carbocycles. The Morgan fingerprint density at radius 1 is 1.25 bits per heavy atom. The molecule has 84 valence electrons. The summed E-state index contributed by atoms with van der Waals surface area (Å²) < 4.78 is 5.40. The third-order valence-corrected chi connectivity index (χ3v) is 2.12. The van der Waals surface area contributed by atoms with Crippen molar-refractivity contribution in [1.29, 1.82) is 0 Å². The molecule has 0 aliphatic heterocycles. The van der Waals surface area contributed by atoms with Crippen LogP contribution in [0.3, 0.4) is 0 Å². The molecule has 5 nitrogen and oxygen atoms in total. The summed E-state index contributed by atoms with van der Waals surface area (Å²) in [5.74, 6) is 0.680. The van der Waals surface area contributed by atoms with Crippen LogP contribution in [0.25, 0.3) is 0 Å². The second-order valence-corrected chi connectivity index (χ2v) is 3.46. The van der Waals surface area contributed by atoms with Crippen molar-refractivity contribution in [2.45, 2.75) is 26.3 Å². The van der Waals surface area contributed by atoms with E-state index in [1.807, 2.05) is 12.1 Å². The normalized spacial score (nSPS) is 10.3. The topological polar surface area (TPSA) is 63.8 Å². The molecule has 0 bridgehead atoms. The lowest BCUT2D eigenvalue weighted by atomic mass is 10.3. The molecule has 2 heterocycles. The molecule has 0 unspecified atom stereocenters. The van der Waals surface area contributed by atoms with Gasteiger partial charge in [0, 0.05) is 25.4 Å². The minimum absolute atomic E-state index is 0.472. The number of aryl methyl sites for hydroxylation is 1. The minimum Gasteiger partial charge on any atom is -0.408 e. The van der Waals surface area contributed by atoms with Crippen molar-refractivity contribution in [2.24, 2.45) is 0 Å². The summed E-state index contributed by atoms with van der Waals surface area (Å²) in [7, 11) is 0. The number of rotatable bonds is 5. The molecule has 2 aromatic heterocycles. The highest BCUT2D eigenvalue weighted by Crippen LogP contribution is 2.08. The molecule has 0 aliphatic rings. The molecule has 5 heteroatoms. The number of hydrogen-bond acceptors (Lipinski definition) is 5. The van der Waals surface area contributed by atoms with Gasteiger partial charge in [-0.25, -0.2) is 0 Å². The summed E-state index contributed by atoms with van der Waals surface area (Å²) in [5, 5.41) is 10.9. The predicted molar refractivity (Wildman–Crippen MR) is 59.9 cm³/mol. The van der Waals surface area contributed by atoms with Crippen LogP contribution in [0.5, 0.6) is 0 Å². The van der Waals surface area contributed by atoms with Crippen molar-refractivity contribution >= 4 is 6.01 Å². The highest BCUT2D eigenvalue weighted by molar-refractivity contribution is 5.21. The summed E-state index contributed by atoms with van der Waals surface area (Å²) >= 11 is 0. The first-order chi connectivity index (χ1) is 7.88. The van der Waals surface area contributed by atoms with Gasteiger partial charge < -0.3 is 9.73 Å². The van der Waals surface area contributed by atoms with E-state index in [4.69, 9.17) is 4.42 Å². The molecule has 0 saturated carbocycles. The number of nitrogens with zero attached hydrogens (tertiary/aromatic N) is 3. The van der Waals surface area contributed by atoms with Crippen LogP contribution in [0.4, 0.5) is 6.01 Å². The lowest BCUT2D eigenvalue weighted by Crippen LogP contribution is -1.99. The highest BCUT2D eigenvalue weighted by atomic mass is 16.4. The van der Waals surface area contributed by atoms with Crippen molar-refractivity contribution in [1.82, 2.24) is 15.2 Å². The van der Waals surface area contributed by atoms with E-state index in [-0.39, 0.29) is 0 Å². The van der Waals surface area contributed by atoms with Crippen LogP contribution in [-0.4, -0.2) is 15.2 Å². The standard InChI is InChI=1S/C11H14N4O/c1-2-3-10-14-15-11(16-10)13-8-9-4-6-12-7-5-9/h4-7H,2-3,8H2,1H3,(H,13,15). The molecule has 0 fully saturated rings. The number of anilines is 1. The van der Waals surface area contributed by atoms with Crippen LogP contribution < -0.4 is 5.32 Å². The number of hydrogen-bond donors (Lipinski definition) is 1. The maximum absolute atomic E-state index is 5.40. The second-order valence-electron chi connectivity index (χ2n) is 3.46. The van der Waals surface area contributed by atoms with Gasteiger partial charge in [0.2, 0.25) is 5.89 Å². The minimum atomic E-state index is 0.472. The van der Waals surface area contributed by atoms with Gasteiger partial charge in [-0.2, -0.15) is 0 Å². The SMILES string of the molecule is CCCc1nnc(NCc2ccncc2)o1. The zero-order chi connectivity index (χ0) is 11.2.